The standard InChI is InChI=1S/C16H12ClNO3/c17-14-6-3-7-15(18(20)21)13(14)9-11-8-10-4-1-2-5-12(10)16(11)19/h1-7,11H,8-9H2. The molecule has 2 aromatic rings. The SMILES string of the molecule is O=C1c2ccccc2CC1Cc1c(Cl)cccc1[N+](=O)[O-]. The van der Waals surface area contributed by atoms with Gasteiger partial charge in [0.15, 0.2) is 5.78 Å². The molecule has 0 saturated heterocycles. The first-order chi connectivity index (χ1) is 10.1. The van der Waals surface area contributed by atoms with Gasteiger partial charge in [-0.1, -0.05) is 41.9 Å². The number of carbonyl (C=O) groups excluding carboxylic acids is 1. The van der Waals surface area contributed by atoms with Crippen LogP contribution >= 0.6 is 11.6 Å². The van der Waals surface area contributed by atoms with Gasteiger partial charge in [0.2, 0.25) is 0 Å². The number of ketones is 1. The van der Waals surface area contributed by atoms with Gasteiger partial charge in [0, 0.05) is 23.1 Å². The van der Waals surface area contributed by atoms with Crippen LogP contribution in [0.4, 0.5) is 5.69 Å². The van der Waals surface area contributed by atoms with Crippen molar-refractivity contribution in [2.75, 3.05) is 0 Å². The first kappa shape index (κ1) is 13.8. The van der Waals surface area contributed by atoms with E-state index < -0.39 is 4.92 Å². The summed E-state index contributed by atoms with van der Waals surface area (Å²) in [6.07, 6.45) is 0.904. The molecule has 1 unspecified atom stereocenters. The molecule has 106 valence electrons. The fraction of sp³-hybridized carbons (Fsp3) is 0.188. The minimum atomic E-state index is -0.451. The Morgan fingerprint density at radius 1 is 1.19 bits per heavy atom. The normalized spacial score (nSPS) is 16.8. The quantitative estimate of drug-likeness (QED) is 0.639. The lowest BCUT2D eigenvalue weighted by molar-refractivity contribution is -0.385. The molecule has 0 aliphatic heterocycles. The third kappa shape index (κ3) is 2.43. The van der Waals surface area contributed by atoms with Crippen molar-refractivity contribution in [3.63, 3.8) is 0 Å². The van der Waals surface area contributed by atoms with Crippen LogP contribution in [0.15, 0.2) is 42.5 Å². The Morgan fingerprint density at radius 3 is 2.67 bits per heavy atom. The summed E-state index contributed by atoms with van der Waals surface area (Å²) in [5.41, 5.74) is 2.14. The van der Waals surface area contributed by atoms with E-state index in [4.69, 9.17) is 11.6 Å². The number of hydrogen-bond donors (Lipinski definition) is 0. The predicted molar refractivity (Wildman–Crippen MR) is 79.8 cm³/mol. The molecule has 0 amide bonds. The Labute approximate surface area is 126 Å². The third-order valence-corrected chi connectivity index (χ3v) is 4.22. The number of nitro benzene ring substituents is 1. The molecular weight excluding hydrogens is 290 g/mol. The highest BCUT2D eigenvalue weighted by Gasteiger charge is 2.32. The predicted octanol–water partition coefficient (Wildman–Crippen LogP) is 3.85. The summed E-state index contributed by atoms with van der Waals surface area (Å²) in [7, 11) is 0. The highest BCUT2D eigenvalue weighted by atomic mass is 35.5. The topological polar surface area (TPSA) is 60.2 Å². The molecule has 21 heavy (non-hydrogen) atoms. The van der Waals surface area contributed by atoms with Crippen molar-refractivity contribution >= 4 is 23.1 Å². The molecule has 0 fully saturated rings. The van der Waals surface area contributed by atoms with E-state index in [0.717, 1.165) is 11.1 Å². The molecule has 0 bridgehead atoms. The number of carbonyl (C=O) groups is 1. The summed E-state index contributed by atoms with van der Waals surface area (Å²) in [4.78, 5) is 23.0. The number of benzene rings is 2. The monoisotopic (exact) mass is 301 g/mol. The van der Waals surface area contributed by atoms with Gasteiger partial charge < -0.3 is 0 Å². The second-order valence-electron chi connectivity index (χ2n) is 5.12. The van der Waals surface area contributed by atoms with Crippen LogP contribution in [0.25, 0.3) is 0 Å². The summed E-state index contributed by atoms with van der Waals surface area (Å²) >= 11 is 6.10. The maximum atomic E-state index is 12.4. The number of rotatable bonds is 3. The van der Waals surface area contributed by atoms with Crippen molar-refractivity contribution in [1.29, 1.82) is 0 Å². The van der Waals surface area contributed by atoms with E-state index in [1.807, 2.05) is 18.2 Å². The molecular formula is C16H12ClNO3. The van der Waals surface area contributed by atoms with Crippen LogP contribution in [0.2, 0.25) is 5.02 Å². The average Bonchev–Trinajstić information content (AvgIpc) is 2.78. The Kier molecular flexibility index (Phi) is 3.47. The van der Waals surface area contributed by atoms with E-state index in [2.05, 4.69) is 0 Å². The second kappa shape index (κ2) is 5.30. The molecule has 0 saturated carbocycles. The summed E-state index contributed by atoms with van der Waals surface area (Å²) in [5.74, 6) is -0.235. The summed E-state index contributed by atoms with van der Waals surface area (Å²) in [5, 5.41) is 11.5. The van der Waals surface area contributed by atoms with Crippen LogP contribution in [0.3, 0.4) is 0 Å². The van der Waals surface area contributed by atoms with Crippen LogP contribution < -0.4 is 0 Å². The van der Waals surface area contributed by atoms with Crippen LogP contribution in [0, 0.1) is 16.0 Å². The van der Waals surface area contributed by atoms with E-state index in [1.165, 1.54) is 6.07 Å². The minimum absolute atomic E-state index is 0.0220. The number of nitro groups is 1. The van der Waals surface area contributed by atoms with Crippen molar-refractivity contribution in [1.82, 2.24) is 0 Å². The maximum Gasteiger partial charge on any atom is 0.274 e. The van der Waals surface area contributed by atoms with Crippen molar-refractivity contribution in [2.45, 2.75) is 12.8 Å². The Morgan fingerprint density at radius 2 is 1.95 bits per heavy atom. The minimum Gasteiger partial charge on any atom is -0.294 e. The lowest BCUT2D eigenvalue weighted by Gasteiger charge is -2.10. The van der Waals surface area contributed by atoms with Gasteiger partial charge in [0.1, 0.15) is 0 Å². The number of hydrogen-bond acceptors (Lipinski definition) is 3. The molecule has 5 heteroatoms. The van der Waals surface area contributed by atoms with Gasteiger partial charge in [-0.25, -0.2) is 0 Å². The zero-order valence-electron chi connectivity index (χ0n) is 11.1. The first-order valence-electron chi connectivity index (χ1n) is 6.62. The molecule has 0 heterocycles. The van der Waals surface area contributed by atoms with Crippen molar-refractivity contribution in [2.24, 2.45) is 5.92 Å². The van der Waals surface area contributed by atoms with Gasteiger partial charge in [-0.3, -0.25) is 14.9 Å². The second-order valence-corrected chi connectivity index (χ2v) is 5.53. The van der Waals surface area contributed by atoms with Gasteiger partial charge in [-0.05, 0) is 24.5 Å². The lowest BCUT2D eigenvalue weighted by atomic mass is 9.94. The van der Waals surface area contributed by atoms with Crippen LogP contribution in [0.1, 0.15) is 21.5 Å². The molecule has 0 aromatic heterocycles. The Hall–Kier alpha value is -2.20. The number of fused-ring (bicyclic) bond motifs is 1. The molecule has 0 radical (unpaired) electrons. The molecule has 2 aromatic carbocycles. The maximum absolute atomic E-state index is 12.4. The highest BCUT2D eigenvalue weighted by Crippen LogP contribution is 2.34. The third-order valence-electron chi connectivity index (χ3n) is 3.86. The average molecular weight is 302 g/mol. The van der Waals surface area contributed by atoms with Crippen molar-refractivity contribution in [3.05, 3.63) is 74.3 Å². The largest absolute Gasteiger partial charge is 0.294 e. The zero-order valence-corrected chi connectivity index (χ0v) is 11.8. The van der Waals surface area contributed by atoms with Gasteiger partial charge in [-0.15, -0.1) is 0 Å². The molecule has 1 aliphatic rings. The summed E-state index contributed by atoms with van der Waals surface area (Å²) in [6, 6.07) is 12.1. The molecule has 0 spiro atoms. The van der Waals surface area contributed by atoms with Gasteiger partial charge in [0.25, 0.3) is 5.69 Å². The van der Waals surface area contributed by atoms with E-state index in [9.17, 15) is 14.9 Å². The van der Waals surface area contributed by atoms with Crippen molar-refractivity contribution in [3.8, 4) is 0 Å². The molecule has 1 atom stereocenters. The van der Waals surface area contributed by atoms with E-state index in [1.54, 1.807) is 18.2 Å². The van der Waals surface area contributed by atoms with E-state index >= 15 is 0 Å². The van der Waals surface area contributed by atoms with Crippen molar-refractivity contribution < 1.29 is 9.72 Å². The van der Waals surface area contributed by atoms with Crippen LogP contribution in [-0.4, -0.2) is 10.7 Å². The number of halogens is 1. The first-order valence-corrected chi connectivity index (χ1v) is 6.99. The Balaban J connectivity index is 1.93. The summed E-state index contributed by atoms with van der Waals surface area (Å²) < 4.78 is 0. The van der Waals surface area contributed by atoms with E-state index in [-0.39, 0.29) is 17.4 Å². The van der Waals surface area contributed by atoms with Gasteiger partial charge in [0.05, 0.1) is 9.95 Å². The van der Waals surface area contributed by atoms with Crippen LogP contribution in [-0.2, 0) is 12.8 Å². The Bertz CT molecular complexity index is 742. The van der Waals surface area contributed by atoms with Gasteiger partial charge >= 0.3 is 0 Å². The molecule has 3 rings (SSSR count). The van der Waals surface area contributed by atoms with E-state index in [0.29, 0.717) is 23.4 Å². The molecule has 1 aliphatic carbocycles. The molecule has 4 nitrogen and oxygen atoms in total. The number of Topliss-reactive ketones (excluding diaryl/α,β-unsaturated/α-hetero) is 1. The zero-order chi connectivity index (χ0) is 15.0. The number of nitrogens with zero attached hydrogens (tertiary/aromatic N) is 1. The van der Waals surface area contributed by atoms with Crippen LogP contribution in [0.5, 0.6) is 0 Å². The summed E-state index contributed by atoms with van der Waals surface area (Å²) in [6.45, 7) is 0. The van der Waals surface area contributed by atoms with Gasteiger partial charge in [-0.2, -0.15) is 0 Å². The highest BCUT2D eigenvalue weighted by molar-refractivity contribution is 6.31. The fourth-order valence-corrected chi connectivity index (χ4v) is 3.10. The smallest absolute Gasteiger partial charge is 0.274 e. The fourth-order valence-electron chi connectivity index (χ4n) is 2.85. The molecule has 0 N–H and O–H groups in total. The lowest BCUT2D eigenvalue weighted by Crippen LogP contribution is -2.13.